The van der Waals surface area contributed by atoms with Crippen molar-refractivity contribution in [3.05, 3.63) is 99.7 Å². The minimum Gasteiger partial charge on any atom is -0.623 e. The van der Waals surface area contributed by atoms with Gasteiger partial charge < -0.3 is 10.0 Å². The summed E-state index contributed by atoms with van der Waals surface area (Å²) in [6, 6.07) is 19.9. The maximum absolute atomic E-state index is 13.6. The predicted octanol–water partition coefficient (Wildman–Crippen LogP) is 8.61. The van der Waals surface area contributed by atoms with Crippen LogP contribution in [0.3, 0.4) is 0 Å². The highest BCUT2D eigenvalue weighted by Crippen LogP contribution is 2.51. The zero-order valence-electron chi connectivity index (χ0n) is 26.6. The van der Waals surface area contributed by atoms with E-state index in [4.69, 9.17) is 11.4 Å². The summed E-state index contributed by atoms with van der Waals surface area (Å²) >= 11 is 0. The van der Waals surface area contributed by atoms with E-state index >= 15 is 0 Å². The second-order valence-corrected chi connectivity index (χ2v) is 19.9. The Hall–Kier alpha value is -3.40. The summed E-state index contributed by atoms with van der Waals surface area (Å²) in [4.78, 5) is 10.9. The van der Waals surface area contributed by atoms with Gasteiger partial charge in [-0.1, -0.05) is 94.5 Å². The van der Waals surface area contributed by atoms with Crippen LogP contribution in [0.1, 0.15) is 85.0 Å². The van der Waals surface area contributed by atoms with Gasteiger partial charge in [-0.05, 0) is 47.7 Å². The summed E-state index contributed by atoms with van der Waals surface area (Å²) in [5.74, 6) is 0.599. The molecule has 0 bridgehead atoms. The van der Waals surface area contributed by atoms with Gasteiger partial charge in [-0.3, -0.25) is 0 Å². The highest BCUT2D eigenvalue weighted by Gasteiger charge is 2.50. The smallest absolute Gasteiger partial charge is 0.234 e. The van der Waals surface area contributed by atoms with Gasteiger partial charge in [0.2, 0.25) is 5.70 Å². The van der Waals surface area contributed by atoms with Crippen LogP contribution in [-0.2, 0) is 4.84 Å². The Morgan fingerprint density at radius 2 is 1.41 bits per heavy atom. The van der Waals surface area contributed by atoms with Crippen molar-refractivity contribution in [3.8, 4) is 11.1 Å². The van der Waals surface area contributed by atoms with Gasteiger partial charge in [0.15, 0.2) is 17.5 Å². The van der Waals surface area contributed by atoms with Crippen LogP contribution < -0.4 is 5.19 Å². The molecule has 2 aliphatic carbocycles. The Morgan fingerprint density at radius 3 is 1.90 bits per heavy atom. The molecule has 5 nitrogen and oxygen atoms in total. The van der Waals surface area contributed by atoms with E-state index in [2.05, 4.69) is 77.7 Å². The van der Waals surface area contributed by atoms with Crippen molar-refractivity contribution in [2.45, 2.75) is 97.6 Å². The second kappa shape index (κ2) is 10.5. The third kappa shape index (κ3) is 5.46. The van der Waals surface area contributed by atoms with Gasteiger partial charge in [0.25, 0.3) is 0 Å². The van der Waals surface area contributed by atoms with Crippen molar-refractivity contribution < 1.29 is 9.58 Å². The molecule has 1 aromatic rings. The van der Waals surface area contributed by atoms with E-state index in [1.165, 1.54) is 5.19 Å². The summed E-state index contributed by atoms with van der Waals surface area (Å²) in [5.41, 5.74) is 4.59. The molecule has 4 rings (SSSR count). The van der Waals surface area contributed by atoms with Crippen LogP contribution in [-0.4, -0.2) is 35.2 Å². The minimum atomic E-state index is -2.31. The summed E-state index contributed by atoms with van der Waals surface area (Å²) in [6.45, 7) is 32.3. The Morgan fingerprint density at radius 1 is 0.878 bits per heavy atom. The lowest BCUT2D eigenvalue weighted by molar-refractivity contribution is -0.530. The molecule has 0 amide bonds. The fraction of sp³-hybridized carbons (Fsp3) is 0.429. The maximum atomic E-state index is 13.6. The number of hydrogen-bond acceptors (Lipinski definition) is 3. The molecule has 0 N–H and O–H groups in total. The normalized spacial score (nSPS) is 17.6. The topological polar surface area (TPSA) is 42.9 Å². The van der Waals surface area contributed by atoms with Gasteiger partial charge in [-0.15, -0.1) is 5.06 Å². The van der Waals surface area contributed by atoms with Gasteiger partial charge >= 0.3 is 0 Å². The molecule has 1 heterocycles. The number of hydrogen-bond donors (Lipinski definition) is 0. The highest BCUT2D eigenvalue weighted by molar-refractivity contribution is 6.93. The molecule has 0 fully saturated rings. The molecular formula is C35H45N3O2Si. The van der Waals surface area contributed by atoms with E-state index in [1.807, 2.05) is 68.3 Å². The van der Waals surface area contributed by atoms with Crippen molar-refractivity contribution >= 4 is 25.2 Å². The van der Waals surface area contributed by atoms with E-state index in [-0.39, 0.29) is 5.04 Å². The second-order valence-electron chi connectivity index (χ2n) is 14.6. The van der Waals surface area contributed by atoms with Crippen molar-refractivity contribution in [3.63, 3.8) is 0 Å². The molecule has 0 spiro atoms. The molecule has 41 heavy (non-hydrogen) atoms. The van der Waals surface area contributed by atoms with E-state index in [0.717, 1.165) is 32.6 Å². The molecule has 3 aliphatic rings. The van der Waals surface area contributed by atoms with E-state index < -0.39 is 25.2 Å². The lowest BCUT2D eigenvalue weighted by Gasteiger charge is -2.41. The van der Waals surface area contributed by atoms with E-state index in [9.17, 15) is 5.21 Å². The Bertz CT molecular complexity index is 1510. The lowest BCUT2D eigenvalue weighted by Crippen LogP contribution is -2.53. The van der Waals surface area contributed by atoms with Crippen molar-refractivity contribution in [2.75, 3.05) is 0 Å². The molecule has 0 saturated carbocycles. The van der Waals surface area contributed by atoms with Crippen LogP contribution in [0, 0.1) is 11.8 Å². The number of fused-ring (bicyclic) bond motifs is 1. The summed E-state index contributed by atoms with van der Waals surface area (Å²) in [7, 11) is -2.31. The zero-order valence-corrected chi connectivity index (χ0v) is 27.6. The number of hydroxylamine groups is 3. The third-order valence-corrected chi connectivity index (χ3v) is 14.1. The van der Waals surface area contributed by atoms with E-state index in [0.29, 0.717) is 11.5 Å². The minimum absolute atomic E-state index is 0.0252. The maximum Gasteiger partial charge on any atom is 0.234 e. The SMILES string of the molecule is [C-]#[N+]C1=C(c2ccccc2)ON(C(C)(C)C)C1c1c2cccccc-2c(/C=[N+](\[O-])C(C)(C)C)c1[Si](C)(C)C(C)(C)C. The standard InChI is InChI=1S/C35H45N3O2Si/c1-33(2,3)37(39)23-27-25-21-17-14-18-22-26(25)28(32(27)41(11,12)35(7,8)9)30-29(36-10)31(24-19-15-13-16-20-24)40-38(30)34(4,5)6/h13-23,30H,1-9,11-12H3/b37-23-. The summed E-state index contributed by atoms with van der Waals surface area (Å²) in [6.07, 6.45) is 1.80. The quantitative estimate of drug-likeness (QED) is 0.0792. The molecular weight excluding hydrogens is 522 g/mol. The summed E-state index contributed by atoms with van der Waals surface area (Å²) < 4.78 is 1.09. The van der Waals surface area contributed by atoms with Crippen LogP contribution in [0.4, 0.5) is 0 Å². The van der Waals surface area contributed by atoms with Crippen LogP contribution in [0.5, 0.6) is 0 Å². The Balaban J connectivity index is 2.23. The first kappa shape index (κ1) is 30.6. The van der Waals surface area contributed by atoms with Crippen molar-refractivity contribution in [2.24, 2.45) is 0 Å². The van der Waals surface area contributed by atoms with Crippen LogP contribution in [0.15, 0.2) is 66.4 Å². The fourth-order valence-electron chi connectivity index (χ4n) is 5.32. The lowest BCUT2D eigenvalue weighted by atomic mass is 9.96. The van der Waals surface area contributed by atoms with Crippen molar-refractivity contribution in [1.29, 1.82) is 0 Å². The summed E-state index contributed by atoms with van der Waals surface area (Å²) in [5, 5.41) is 16.8. The predicted molar refractivity (Wildman–Crippen MR) is 174 cm³/mol. The molecule has 6 heteroatoms. The third-order valence-electron chi connectivity index (χ3n) is 8.57. The Kier molecular flexibility index (Phi) is 7.79. The van der Waals surface area contributed by atoms with Crippen molar-refractivity contribution in [1.82, 2.24) is 5.06 Å². The van der Waals surface area contributed by atoms with E-state index in [1.54, 1.807) is 6.21 Å². The number of benzene rings is 1. The van der Waals surface area contributed by atoms with Crippen LogP contribution >= 0.6 is 0 Å². The average molecular weight is 568 g/mol. The Labute approximate surface area is 247 Å². The van der Waals surface area contributed by atoms with Gasteiger partial charge in [0, 0.05) is 37.4 Å². The molecule has 0 saturated heterocycles. The first-order valence-corrected chi connectivity index (χ1v) is 17.4. The van der Waals surface area contributed by atoms with Crippen LogP contribution in [0.25, 0.3) is 21.7 Å². The van der Waals surface area contributed by atoms with Crippen LogP contribution in [0.2, 0.25) is 18.1 Å². The largest absolute Gasteiger partial charge is 0.623 e. The molecule has 1 aromatic carbocycles. The first-order chi connectivity index (χ1) is 18.9. The monoisotopic (exact) mass is 567 g/mol. The number of nitrogens with zero attached hydrogens (tertiary/aromatic N) is 3. The fourth-order valence-corrected chi connectivity index (χ4v) is 7.89. The van der Waals surface area contributed by atoms with Gasteiger partial charge in [-0.25, -0.2) is 9.58 Å². The molecule has 1 atom stereocenters. The van der Waals surface area contributed by atoms with Gasteiger partial charge in [0.05, 0.1) is 14.6 Å². The average Bonchev–Trinajstić information content (AvgIpc) is 3.28. The molecule has 0 aromatic heterocycles. The zero-order chi connectivity index (χ0) is 30.5. The van der Waals surface area contributed by atoms with Gasteiger partial charge in [0.1, 0.15) is 6.04 Å². The highest BCUT2D eigenvalue weighted by atomic mass is 28.3. The molecule has 1 unspecified atom stereocenters. The first-order valence-electron chi connectivity index (χ1n) is 14.4. The molecule has 216 valence electrons. The number of rotatable bonds is 4. The van der Waals surface area contributed by atoms with Gasteiger partial charge in [-0.2, -0.15) is 0 Å². The molecule has 1 aliphatic heterocycles. The molecule has 0 radical (unpaired) electrons.